The Balaban J connectivity index is 1.12. The monoisotopic (exact) mass is 473 g/mol. The number of carbonyl (C=O) groups is 1. The molecule has 0 spiro atoms. The zero-order chi connectivity index (χ0) is 23.2. The Kier molecular flexibility index (Phi) is 5.42. The highest BCUT2D eigenvalue weighted by Gasteiger charge is 2.65. The summed E-state index contributed by atoms with van der Waals surface area (Å²) in [6, 6.07) is 29.0. The van der Waals surface area contributed by atoms with Crippen LogP contribution in [0.3, 0.4) is 0 Å². The summed E-state index contributed by atoms with van der Waals surface area (Å²) in [5.41, 5.74) is -1.10. The fourth-order valence-corrected chi connectivity index (χ4v) is 8.59. The molecule has 4 saturated carbocycles. The van der Waals surface area contributed by atoms with Crippen molar-refractivity contribution in [2.24, 2.45) is 11.8 Å². The molecule has 4 fully saturated rings. The summed E-state index contributed by atoms with van der Waals surface area (Å²) in [6.45, 7) is -0.113. The summed E-state index contributed by atoms with van der Waals surface area (Å²) < 4.78 is 11.7. The predicted octanol–water partition coefficient (Wildman–Crippen LogP) is 5.40. The van der Waals surface area contributed by atoms with Crippen LogP contribution in [0.2, 0.25) is 0 Å². The molecule has 0 aliphatic heterocycles. The van der Waals surface area contributed by atoms with Gasteiger partial charge in [-0.15, -0.1) is 0 Å². The van der Waals surface area contributed by atoms with Gasteiger partial charge in [-0.1, -0.05) is 36.4 Å². The largest absolute Gasteiger partial charge is 0.482 e. The number of ether oxygens (including phenoxy) is 2. The van der Waals surface area contributed by atoms with Crippen molar-refractivity contribution in [2.45, 2.75) is 58.0 Å². The van der Waals surface area contributed by atoms with E-state index in [9.17, 15) is 9.90 Å². The Morgan fingerprint density at radius 1 is 0.853 bits per heavy atom. The molecule has 4 aliphatic rings. The second-order valence-electron chi connectivity index (χ2n) is 10.0. The standard InChI is InChI=1S/C29H29O4S/c30-27(33-28-16-21-15-22(18-28)29(31,17-21)20-28)19-32-23-11-13-26(14-12-23)34(24-7-3-1-4-8-24)25-9-5-2-6-10-25/h1-14,21-22,31H,15-20H2/q+1. The second kappa shape index (κ2) is 8.47. The molecule has 0 aromatic heterocycles. The maximum atomic E-state index is 12.6. The third kappa shape index (κ3) is 4.01. The Labute approximate surface area is 203 Å². The van der Waals surface area contributed by atoms with Crippen molar-refractivity contribution < 1.29 is 19.4 Å². The first-order chi connectivity index (χ1) is 16.5. The lowest BCUT2D eigenvalue weighted by molar-refractivity contribution is -0.169. The molecular formula is C29H29O4S+. The van der Waals surface area contributed by atoms with Gasteiger partial charge >= 0.3 is 5.97 Å². The van der Waals surface area contributed by atoms with E-state index in [4.69, 9.17) is 9.47 Å². The van der Waals surface area contributed by atoms with Gasteiger partial charge in [0.25, 0.3) is 0 Å². The van der Waals surface area contributed by atoms with E-state index in [0.717, 1.165) is 25.7 Å². The van der Waals surface area contributed by atoms with Gasteiger partial charge in [-0.3, -0.25) is 0 Å². The molecule has 3 aromatic rings. The van der Waals surface area contributed by atoms with Gasteiger partial charge < -0.3 is 14.6 Å². The third-order valence-electron chi connectivity index (χ3n) is 7.63. The van der Waals surface area contributed by atoms with Gasteiger partial charge in [0.05, 0.1) is 16.5 Å². The van der Waals surface area contributed by atoms with Gasteiger partial charge in [0.2, 0.25) is 0 Å². The molecule has 0 amide bonds. The van der Waals surface area contributed by atoms with Gasteiger partial charge in [-0.25, -0.2) is 4.79 Å². The molecule has 4 atom stereocenters. The molecule has 0 heterocycles. The molecule has 7 rings (SSSR count). The van der Waals surface area contributed by atoms with Crippen molar-refractivity contribution in [3.63, 3.8) is 0 Å². The summed E-state index contributed by atoms with van der Waals surface area (Å²) in [5.74, 6) is 1.08. The van der Waals surface area contributed by atoms with Crippen LogP contribution < -0.4 is 4.74 Å². The van der Waals surface area contributed by atoms with E-state index in [2.05, 4.69) is 60.7 Å². The van der Waals surface area contributed by atoms with E-state index in [1.165, 1.54) is 14.7 Å². The van der Waals surface area contributed by atoms with Crippen LogP contribution in [0, 0.1) is 11.8 Å². The van der Waals surface area contributed by atoms with Crippen LogP contribution >= 0.6 is 0 Å². The van der Waals surface area contributed by atoms with E-state index in [0.29, 0.717) is 18.1 Å². The summed E-state index contributed by atoms with van der Waals surface area (Å²) in [6.07, 6.45) is 4.21. The van der Waals surface area contributed by atoms with Crippen LogP contribution in [0.1, 0.15) is 32.1 Å². The highest BCUT2D eigenvalue weighted by atomic mass is 32.2. The lowest BCUT2D eigenvalue weighted by atomic mass is 9.77. The minimum absolute atomic E-state index is 0.113. The van der Waals surface area contributed by atoms with Crippen molar-refractivity contribution >= 4 is 16.9 Å². The van der Waals surface area contributed by atoms with E-state index < -0.39 is 11.2 Å². The maximum absolute atomic E-state index is 12.6. The van der Waals surface area contributed by atoms with Crippen molar-refractivity contribution in [2.75, 3.05) is 6.61 Å². The average Bonchev–Trinajstić information content (AvgIpc) is 3.18. The number of rotatable bonds is 7. The summed E-state index contributed by atoms with van der Waals surface area (Å²) in [7, 11) is -0.217. The highest BCUT2D eigenvalue weighted by molar-refractivity contribution is 7.97. The molecule has 4 nitrogen and oxygen atoms in total. The van der Waals surface area contributed by atoms with Crippen LogP contribution in [0.15, 0.2) is 99.6 Å². The molecule has 5 heteroatoms. The van der Waals surface area contributed by atoms with E-state index >= 15 is 0 Å². The van der Waals surface area contributed by atoms with Crippen molar-refractivity contribution in [3.05, 3.63) is 84.9 Å². The van der Waals surface area contributed by atoms with Crippen molar-refractivity contribution in [1.29, 1.82) is 0 Å². The minimum atomic E-state index is -0.616. The van der Waals surface area contributed by atoms with Crippen molar-refractivity contribution in [3.8, 4) is 5.75 Å². The van der Waals surface area contributed by atoms with Gasteiger partial charge in [0, 0.05) is 6.42 Å². The van der Waals surface area contributed by atoms with Gasteiger partial charge in [0.15, 0.2) is 21.3 Å². The fraction of sp³-hybridized carbons (Fsp3) is 0.345. The number of aliphatic hydroxyl groups is 1. The van der Waals surface area contributed by atoms with Crippen LogP contribution in [0.4, 0.5) is 0 Å². The average molecular weight is 474 g/mol. The number of hydrogen-bond acceptors (Lipinski definition) is 4. The fourth-order valence-electron chi connectivity index (χ4n) is 6.50. The molecule has 1 N–H and O–H groups in total. The summed E-state index contributed by atoms with van der Waals surface area (Å²) in [5, 5.41) is 10.8. The van der Waals surface area contributed by atoms with E-state index in [1.807, 2.05) is 24.3 Å². The normalized spacial score (nSPS) is 28.9. The molecule has 4 unspecified atom stereocenters. The first-order valence-electron chi connectivity index (χ1n) is 12.0. The van der Waals surface area contributed by atoms with E-state index in [-0.39, 0.29) is 29.4 Å². The number of benzene rings is 3. The lowest BCUT2D eigenvalue weighted by Crippen LogP contribution is -2.42. The molecule has 0 radical (unpaired) electrons. The Hall–Kier alpha value is -2.76. The van der Waals surface area contributed by atoms with Crippen LogP contribution in [-0.2, 0) is 20.4 Å². The number of carbonyl (C=O) groups excluding carboxylic acids is 1. The maximum Gasteiger partial charge on any atom is 0.344 e. The Morgan fingerprint density at radius 2 is 1.47 bits per heavy atom. The molecule has 3 aromatic carbocycles. The summed E-state index contributed by atoms with van der Waals surface area (Å²) in [4.78, 5) is 16.3. The SMILES string of the molecule is O=C(COc1ccc([S+](c2ccccc2)c2ccccc2)cc1)OC12CC3CC(C1)C(O)(C3)C2. The van der Waals surface area contributed by atoms with Gasteiger partial charge in [-0.05, 0) is 86.1 Å². The van der Waals surface area contributed by atoms with Gasteiger partial charge in [0.1, 0.15) is 11.4 Å². The highest BCUT2D eigenvalue weighted by Crippen LogP contribution is 2.63. The molecule has 0 saturated heterocycles. The number of esters is 1. The zero-order valence-corrected chi connectivity index (χ0v) is 19.9. The number of hydrogen-bond donors (Lipinski definition) is 1. The molecular weight excluding hydrogens is 444 g/mol. The van der Waals surface area contributed by atoms with Crippen LogP contribution in [-0.4, -0.2) is 28.9 Å². The van der Waals surface area contributed by atoms with Crippen LogP contribution in [0.25, 0.3) is 0 Å². The Bertz CT molecular complexity index is 1130. The molecule has 4 bridgehead atoms. The molecule has 174 valence electrons. The smallest absolute Gasteiger partial charge is 0.344 e. The molecule has 4 aliphatic carbocycles. The van der Waals surface area contributed by atoms with Gasteiger partial charge in [-0.2, -0.15) is 0 Å². The quantitative estimate of drug-likeness (QED) is 0.369. The third-order valence-corrected chi connectivity index (χ3v) is 9.86. The predicted molar refractivity (Wildman–Crippen MR) is 131 cm³/mol. The van der Waals surface area contributed by atoms with Crippen LogP contribution in [0.5, 0.6) is 5.75 Å². The lowest BCUT2D eigenvalue weighted by Gasteiger charge is -2.38. The minimum Gasteiger partial charge on any atom is -0.482 e. The zero-order valence-electron chi connectivity index (χ0n) is 19.1. The Morgan fingerprint density at radius 3 is 2.06 bits per heavy atom. The van der Waals surface area contributed by atoms with Crippen molar-refractivity contribution in [1.82, 2.24) is 0 Å². The first-order valence-corrected chi connectivity index (χ1v) is 13.3. The first kappa shape index (κ1) is 21.8. The second-order valence-corrected chi connectivity index (χ2v) is 12.1. The van der Waals surface area contributed by atoms with E-state index in [1.54, 1.807) is 0 Å². The molecule has 34 heavy (non-hydrogen) atoms. The topological polar surface area (TPSA) is 55.8 Å². The summed E-state index contributed by atoms with van der Waals surface area (Å²) >= 11 is 0.